The SMILES string of the molecule is S=CCC(=S)SC(=S)CC=S. The van der Waals surface area contributed by atoms with Gasteiger partial charge in [0.25, 0.3) is 0 Å². The van der Waals surface area contributed by atoms with E-state index in [1.165, 1.54) is 11.8 Å². The van der Waals surface area contributed by atoms with Crippen molar-refractivity contribution in [3.8, 4) is 0 Å². The topological polar surface area (TPSA) is 0 Å². The molecule has 0 amide bonds. The second kappa shape index (κ2) is 7.36. The van der Waals surface area contributed by atoms with Crippen LogP contribution in [0.4, 0.5) is 0 Å². The van der Waals surface area contributed by atoms with Gasteiger partial charge in [0.1, 0.15) is 0 Å². The maximum Gasteiger partial charge on any atom is 0.0578 e. The molecule has 0 rings (SSSR count). The zero-order valence-corrected chi connectivity index (χ0v) is 9.69. The van der Waals surface area contributed by atoms with Gasteiger partial charge in [-0.3, -0.25) is 0 Å². The van der Waals surface area contributed by atoms with Crippen molar-refractivity contribution in [3.05, 3.63) is 0 Å². The standard InChI is InChI=1S/C6H6S5/c7-3-1-5(9)11-6(10)2-4-8/h3-4H,1-2H2. The summed E-state index contributed by atoms with van der Waals surface area (Å²) in [5.74, 6) is 0. The van der Waals surface area contributed by atoms with Crippen LogP contribution in [0.1, 0.15) is 12.8 Å². The predicted octanol–water partition coefficient (Wildman–Crippen LogP) is 3.15. The van der Waals surface area contributed by atoms with Crippen LogP contribution < -0.4 is 0 Å². The summed E-state index contributed by atoms with van der Waals surface area (Å²) < 4.78 is 1.64. The van der Waals surface area contributed by atoms with E-state index in [2.05, 4.69) is 24.4 Å². The van der Waals surface area contributed by atoms with Crippen molar-refractivity contribution in [1.82, 2.24) is 0 Å². The minimum absolute atomic E-state index is 0.660. The van der Waals surface area contributed by atoms with E-state index in [1.54, 1.807) is 10.7 Å². The Morgan fingerprint density at radius 1 is 1.00 bits per heavy atom. The maximum atomic E-state index is 4.97. The first-order valence-electron chi connectivity index (χ1n) is 2.81. The molecule has 0 N–H and O–H groups in total. The Morgan fingerprint density at radius 2 is 1.36 bits per heavy atom. The molecule has 60 valence electrons. The number of rotatable bonds is 4. The Balaban J connectivity index is 3.65. The average Bonchev–Trinajstić information content (AvgIpc) is 1.87. The van der Waals surface area contributed by atoms with E-state index < -0.39 is 0 Å². The van der Waals surface area contributed by atoms with Gasteiger partial charge in [0.2, 0.25) is 0 Å². The smallest absolute Gasteiger partial charge is 0.0578 e. The normalized spacial score (nSPS) is 8.73. The molecular weight excluding hydrogens is 232 g/mol. The summed E-state index contributed by atoms with van der Waals surface area (Å²) in [6.45, 7) is 0. The molecule has 11 heavy (non-hydrogen) atoms. The zero-order valence-electron chi connectivity index (χ0n) is 5.61. The van der Waals surface area contributed by atoms with Crippen molar-refractivity contribution in [2.24, 2.45) is 0 Å². The van der Waals surface area contributed by atoms with Crippen LogP contribution in [-0.2, 0) is 0 Å². The monoisotopic (exact) mass is 238 g/mol. The second-order valence-electron chi connectivity index (χ2n) is 1.59. The van der Waals surface area contributed by atoms with Crippen LogP contribution in [0.25, 0.3) is 0 Å². The van der Waals surface area contributed by atoms with Crippen LogP contribution in [0.2, 0.25) is 0 Å². The molecule has 0 heterocycles. The van der Waals surface area contributed by atoms with Crippen LogP contribution >= 0.6 is 60.6 Å². The first kappa shape index (κ1) is 11.7. The molecular formula is C6H6S5. The van der Waals surface area contributed by atoms with E-state index in [-0.39, 0.29) is 0 Å². The second-order valence-corrected chi connectivity index (χ2v) is 4.95. The molecule has 0 spiro atoms. The molecule has 0 radical (unpaired) electrons. The summed E-state index contributed by atoms with van der Waals surface area (Å²) in [5.41, 5.74) is 0. The average molecular weight is 238 g/mol. The Bertz CT molecular complexity index is 163. The molecule has 0 saturated heterocycles. The Morgan fingerprint density at radius 3 is 1.64 bits per heavy atom. The third kappa shape index (κ3) is 7.08. The Labute approximate surface area is 92.1 Å². The molecule has 0 aromatic rings. The van der Waals surface area contributed by atoms with Crippen molar-refractivity contribution in [1.29, 1.82) is 0 Å². The van der Waals surface area contributed by atoms with Gasteiger partial charge in [0, 0.05) is 12.8 Å². The third-order valence-corrected chi connectivity index (χ3v) is 2.68. The highest BCUT2D eigenvalue weighted by Gasteiger charge is 1.99. The van der Waals surface area contributed by atoms with E-state index in [0.29, 0.717) is 12.8 Å². The van der Waals surface area contributed by atoms with Crippen molar-refractivity contribution in [2.45, 2.75) is 12.8 Å². The van der Waals surface area contributed by atoms with Gasteiger partial charge in [-0.2, -0.15) is 0 Å². The van der Waals surface area contributed by atoms with E-state index in [9.17, 15) is 0 Å². The molecule has 0 aliphatic rings. The van der Waals surface area contributed by atoms with Gasteiger partial charge < -0.3 is 0 Å². The highest BCUT2D eigenvalue weighted by atomic mass is 32.2. The summed E-state index contributed by atoms with van der Waals surface area (Å²) in [4.78, 5) is 0. The molecule has 0 unspecified atom stereocenters. The first-order chi connectivity index (χ1) is 5.20. The van der Waals surface area contributed by atoms with Gasteiger partial charge in [-0.1, -0.05) is 60.6 Å². The largest absolute Gasteiger partial charge is 0.0931 e. The number of hydrogen-bond acceptors (Lipinski definition) is 5. The van der Waals surface area contributed by atoms with Crippen LogP contribution in [-0.4, -0.2) is 19.1 Å². The van der Waals surface area contributed by atoms with Gasteiger partial charge in [0.15, 0.2) is 0 Å². The summed E-state index contributed by atoms with van der Waals surface area (Å²) in [6.07, 6.45) is 1.32. The maximum absolute atomic E-state index is 4.97. The minimum Gasteiger partial charge on any atom is -0.0931 e. The third-order valence-electron chi connectivity index (χ3n) is 0.728. The number of hydrogen-bond donors (Lipinski definition) is 0. The lowest BCUT2D eigenvalue weighted by Crippen LogP contribution is -1.95. The van der Waals surface area contributed by atoms with Crippen LogP contribution in [0, 0.1) is 0 Å². The molecule has 0 aromatic heterocycles. The van der Waals surface area contributed by atoms with Crippen molar-refractivity contribution in [2.75, 3.05) is 0 Å². The van der Waals surface area contributed by atoms with Crippen molar-refractivity contribution in [3.63, 3.8) is 0 Å². The Kier molecular flexibility index (Phi) is 7.84. The summed E-state index contributed by atoms with van der Waals surface area (Å²) >= 11 is 20.7. The fourth-order valence-electron chi connectivity index (χ4n) is 0.346. The van der Waals surface area contributed by atoms with E-state index in [1.807, 2.05) is 0 Å². The van der Waals surface area contributed by atoms with Gasteiger partial charge in [-0.05, 0) is 10.7 Å². The van der Waals surface area contributed by atoms with Gasteiger partial charge >= 0.3 is 0 Å². The van der Waals surface area contributed by atoms with E-state index in [0.717, 1.165) is 8.39 Å². The number of thioether (sulfide) groups is 1. The summed E-state index contributed by atoms with van der Waals surface area (Å²) in [5, 5.41) is 3.21. The molecule has 0 nitrogen and oxygen atoms in total. The predicted molar refractivity (Wildman–Crippen MR) is 69.3 cm³/mol. The lowest BCUT2D eigenvalue weighted by molar-refractivity contribution is 1.82. The molecule has 0 bridgehead atoms. The zero-order chi connectivity index (χ0) is 8.69. The van der Waals surface area contributed by atoms with Crippen molar-refractivity contribution >= 4 is 79.8 Å². The molecule has 0 aliphatic heterocycles. The van der Waals surface area contributed by atoms with Gasteiger partial charge in [-0.15, -0.1) is 0 Å². The van der Waals surface area contributed by atoms with Crippen LogP contribution in [0.5, 0.6) is 0 Å². The van der Waals surface area contributed by atoms with Crippen molar-refractivity contribution < 1.29 is 0 Å². The summed E-state index contributed by atoms with van der Waals surface area (Å²) in [6, 6.07) is 0. The lowest BCUT2D eigenvalue weighted by Gasteiger charge is -1.97. The van der Waals surface area contributed by atoms with E-state index >= 15 is 0 Å². The Hall–Kier alpha value is 0.710. The van der Waals surface area contributed by atoms with E-state index in [4.69, 9.17) is 24.4 Å². The number of thiocarbonyl (C=S) groups is 4. The highest BCUT2D eigenvalue weighted by molar-refractivity contribution is 8.38. The quantitative estimate of drug-likeness (QED) is 0.688. The summed E-state index contributed by atoms with van der Waals surface area (Å²) in [7, 11) is 0. The highest BCUT2D eigenvalue weighted by Crippen LogP contribution is 2.11. The lowest BCUT2D eigenvalue weighted by atomic mass is 10.6. The molecule has 5 heteroatoms. The molecule has 0 saturated carbocycles. The van der Waals surface area contributed by atoms with Gasteiger partial charge in [0.05, 0.1) is 8.39 Å². The van der Waals surface area contributed by atoms with Crippen LogP contribution in [0.3, 0.4) is 0 Å². The van der Waals surface area contributed by atoms with Crippen LogP contribution in [0.15, 0.2) is 0 Å². The fraction of sp³-hybridized carbons (Fsp3) is 0.333. The van der Waals surface area contributed by atoms with Gasteiger partial charge in [-0.25, -0.2) is 0 Å². The first-order valence-corrected chi connectivity index (χ1v) is 5.39. The molecule has 0 fully saturated rings. The molecule has 0 aliphatic carbocycles. The molecule has 0 aromatic carbocycles. The fourth-order valence-corrected chi connectivity index (χ4v) is 2.62. The molecule has 0 atom stereocenters. The minimum atomic E-state index is 0.660.